The summed E-state index contributed by atoms with van der Waals surface area (Å²) >= 11 is 0. The molecule has 4 nitrogen and oxygen atoms in total. The number of aromatic amines is 1. The van der Waals surface area contributed by atoms with Gasteiger partial charge in [0.05, 0.1) is 11.0 Å². The second-order valence-electron chi connectivity index (χ2n) is 4.20. The number of nitrogens with two attached hydrogens (primary N) is 1. The maximum absolute atomic E-state index is 5.43. The highest BCUT2D eigenvalue weighted by molar-refractivity contribution is 5.74. The molecule has 4 heteroatoms. The second kappa shape index (κ2) is 6.37. The van der Waals surface area contributed by atoms with Crippen LogP contribution in [0, 0.1) is 0 Å². The molecule has 0 atom stereocenters. The minimum Gasteiger partial charge on any atom is -0.342 e. The Hall–Kier alpha value is -1.39. The summed E-state index contributed by atoms with van der Waals surface area (Å²) in [4.78, 5) is 7.86. The van der Waals surface area contributed by atoms with Crippen molar-refractivity contribution in [2.24, 2.45) is 5.73 Å². The van der Waals surface area contributed by atoms with Gasteiger partial charge in [-0.1, -0.05) is 12.1 Å². The van der Waals surface area contributed by atoms with Gasteiger partial charge in [0.15, 0.2) is 0 Å². The summed E-state index contributed by atoms with van der Waals surface area (Å²) in [6.07, 6.45) is 3.19. The molecular weight excluding hydrogens is 212 g/mol. The molecule has 17 heavy (non-hydrogen) atoms. The van der Waals surface area contributed by atoms with E-state index in [0.29, 0.717) is 0 Å². The van der Waals surface area contributed by atoms with E-state index in [1.165, 1.54) is 0 Å². The molecule has 4 N–H and O–H groups in total. The summed E-state index contributed by atoms with van der Waals surface area (Å²) in [5, 5.41) is 3.40. The molecule has 1 heterocycles. The van der Waals surface area contributed by atoms with Crippen molar-refractivity contribution in [3.05, 3.63) is 30.1 Å². The summed E-state index contributed by atoms with van der Waals surface area (Å²) < 4.78 is 0. The van der Waals surface area contributed by atoms with Gasteiger partial charge in [0, 0.05) is 13.0 Å². The van der Waals surface area contributed by atoms with E-state index < -0.39 is 0 Å². The lowest BCUT2D eigenvalue weighted by Crippen LogP contribution is -2.19. The van der Waals surface area contributed by atoms with Crippen molar-refractivity contribution < 1.29 is 0 Å². The minimum absolute atomic E-state index is 0.783. The van der Waals surface area contributed by atoms with E-state index >= 15 is 0 Å². The number of fused-ring (bicyclic) bond motifs is 1. The molecule has 0 aliphatic heterocycles. The number of para-hydroxylation sites is 2. The van der Waals surface area contributed by atoms with Crippen molar-refractivity contribution in [1.29, 1.82) is 0 Å². The first kappa shape index (κ1) is 12.1. The van der Waals surface area contributed by atoms with Gasteiger partial charge in [0.25, 0.3) is 0 Å². The first-order chi connectivity index (χ1) is 8.40. The molecule has 0 saturated carbocycles. The summed E-state index contributed by atoms with van der Waals surface area (Å²) in [7, 11) is 0. The number of unbranched alkanes of at least 4 members (excludes halogenated alkanes) is 1. The van der Waals surface area contributed by atoms with Crippen molar-refractivity contribution in [3.63, 3.8) is 0 Å². The minimum atomic E-state index is 0.783. The molecule has 2 rings (SSSR count). The normalized spacial score (nSPS) is 11.1. The fourth-order valence-corrected chi connectivity index (χ4v) is 1.85. The Balaban J connectivity index is 1.75. The van der Waals surface area contributed by atoms with Crippen molar-refractivity contribution in [1.82, 2.24) is 15.3 Å². The quantitative estimate of drug-likeness (QED) is 0.633. The number of hydrogen-bond donors (Lipinski definition) is 3. The van der Waals surface area contributed by atoms with Crippen LogP contribution in [0.2, 0.25) is 0 Å². The van der Waals surface area contributed by atoms with Crippen molar-refractivity contribution >= 4 is 11.0 Å². The third-order valence-electron chi connectivity index (χ3n) is 2.78. The van der Waals surface area contributed by atoms with Gasteiger partial charge >= 0.3 is 0 Å². The number of imidazole rings is 1. The third-order valence-corrected chi connectivity index (χ3v) is 2.78. The molecule has 0 aliphatic rings. The predicted octanol–water partition coefficient (Wildman–Crippen LogP) is 1.43. The molecule has 0 amide bonds. The van der Waals surface area contributed by atoms with Crippen LogP contribution >= 0.6 is 0 Å². The highest BCUT2D eigenvalue weighted by atomic mass is 14.9. The lowest BCUT2D eigenvalue weighted by molar-refractivity contribution is 0.621. The Kier molecular flexibility index (Phi) is 4.53. The van der Waals surface area contributed by atoms with Crippen LogP contribution in [-0.2, 0) is 6.42 Å². The average molecular weight is 232 g/mol. The summed E-state index contributed by atoms with van der Waals surface area (Å²) in [6, 6.07) is 8.12. The topological polar surface area (TPSA) is 66.7 Å². The summed E-state index contributed by atoms with van der Waals surface area (Å²) in [5.74, 6) is 1.05. The Labute approximate surface area is 102 Å². The number of nitrogens with zero attached hydrogens (tertiary/aromatic N) is 1. The summed E-state index contributed by atoms with van der Waals surface area (Å²) in [5.41, 5.74) is 7.60. The van der Waals surface area contributed by atoms with Crippen LogP contribution in [0.5, 0.6) is 0 Å². The van der Waals surface area contributed by atoms with Crippen LogP contribution in [0.4, 0.5) is 0 Å². The molecule has 0 aliphatic carbocycles. The molecule has 0 saturated heterocycles. The number of hydrogen-bond acceptors (Lipinski definition) is 3. The van der Waals surface area contributed by atoms with E-state index in [0.717, 1.165) is 55.8 Å². The van der Waals surface area contributed by atoms with Crippen molar-refractivity contribution in [3.8, 4) is 0 Å². The van der Waals surface area contributed by atoms with Crippen molar-refractivity contribution in [2.45, 2.75) is 19.3 Å². The zero-order chi connectivity index (χ0) is 11.9. The lowest BCUT2D eigenvalue weighted by atomic mass is 10.3. The van der Waals surface area contributed by atoms with Crippen LogP contribution in [-0.4, -0.2) is 29.6 Å². The molecule has 92 valence electrons. The molecule has 0 bridgehead atoms. The largest absolute Gasteiger partial charge is 0.342 e. The van der Waals surface area contributed by atoms with Crippen molar-refractivity contribution in [2.75, 3.05) is 19.6 Å². The molecule has 0 fully saturated rings. The van der Waals surface area contributed by atoms with E-state index in [4.69, 9.17) is 5.73 Å². The van der Waals surface area contributed by atoms with E-state index in [9.17, 15) is 0 Å². The van der Waals surface area contributed by atoms with E-state index in [1.807, 2.05) is 18.2 Å². The number of rotatable bonds is 7. The standard InChI is InChI=1S/C13H20N4/c14-8-3-4-9-15-10-7-13-16-11-5-1-2-6-12(11)17-13/h1-2,5-6,15H,3-4,7-10,14H2,(H,16,17). The molecule has 1 aromatic heterocycles. The Morgan fingerprint density at radius 2 is 2.06 bits per heavy atom. The van der Waals surface area contributed by atoms with Gasteiger partial charge in [0.2, 0.25) is 0 Å². The molecule has 0 spiro atoms. The van der Waals surface area contributed by atoms with Gasteiger partial charge in [-0.2, -0.15) is 0 Å². The zero-order valence-corrected chi connectivity index (χ0v) is 10.1. The van der Waals surface area contributed by atoms with Gasteiger partial charge in [-0.25, -0.2) is 4.98 Å². The second-order valence-corrected chi connectivity index (χ2v) is 4.20. The van der Waals surface area contributed by atoms with Crippen LogP contribution in [0.1, 0.15) is 18.7 Å². The molecule has 0 radical (unpaired) electrons. The maximum Gasteiger partial charge on any atom is 0.108 e. The van der Waals surface area contributed by atoms with Crippen LogP contribution in [0.3, 0.4) is 0 Å². The molecule has 1 aromatic carbocycles. The van der Waals surface area contributed by atoms with Gasteiger partial charge in [-0.3, -0.25) is 0 Å². The Morgan fingerprint density at radius 1 is 1.18 bits per heavy atom. The van der Waals surface area contributed by atoms with Gasteiger partial charge in [0.1, 0.15) is 5.82 Å². The first-order valence-electron chi connectivity index (χ1n) is 6.24. The van der Waals surface area contributed by atoms with E-state index in [-0.39, 0.29) is 0 Å². The maximum atomic E-state index is 5.43. The summed E-state index contributed by atoms with van der Waals surface area (Å²) in [6.45, 7) is 2.78. The lowest BCUT2D eigenvalue weighted by Gasteiger charge is -2.01. The zero-order valence-electron chi connectivity index (χ0n) is 10.1. The van der Waals surface area contributed by atoms with Gasteiger partial charge in [-0.05, 0) is 38.1 Å². The van der Waals surface area contributed by atoms with Gasteiger partial charge in [-0.15, -0.1) is 0 Å². The third kappa shape index (κ3) is 3.54. The highest BCUT2D eigenvalue weighted by Crippen LogP contribution is 2.10. The monoisotopic (exact) mass is 232 g/mol. The SMILES string of the molecule is NCCCCNCCc1nc2ccccc2[nH]1. The number of H-pyrrole nitrogens is 1. The van der Waals surface area contributed by atoms with Crippen LogP contribution in [0.15, 0.2) is 24.3 Å². The Bertz CT molecular complexity index is 416. The molecule has 0 unspecified atom stereocenters. The fourth-order valence-electron chi connectivity index (χ4n) is 1.85. The van der Waals surface area contributed by atoms with Crippen LogP contribution in [0.25, 0.3) is 11.0 Å². The van der Waals surface area contributed by atoms with Crippen LogP contribution < -0.4 is 11.1 Å². The van der Waals surface area contributed by atoms with E-state index in [2.05, 4.69) is 21.4 Å². The number of aromatic nitrogens is 2. The predicted molar refractivity (Wildman–Crippen MR) is 71.0 cm³/mol. The smallest absolute Gasteiger partial charge is 0.108 e. The average Bonchev–Trinajstić information content (AvgIpc) is 2.76. The number of benzene rings is 1. The highest BCUT2D eigenvalue weighted by Gasteiger charge is 2.00. The number of nitrogens with one attached hydrogen (secondary N) is 2. The molecule has 2 aromatic rings. The van der Waals surface area contributed by atoms with Gasteiger partial charge < -0.3 is 16.0 Å². The Morgan fingerprint density at radius 3 is 2.88 bits per heavy atom. The van der Waals surface area contributed by atoms with E-state index in [1.54, 1.807) is 0 Å². The first-order valence-corrected chi connectivity index (χ1v) is 6.24. The fraction of sp³-hybridized carbons (Fsp3) is 0.462. The molecular formula is C13H20N4.